The van der Waals surface area contributed by atoms with Gasteiger partial charge in [-0.2, -0.15) is 0 Å². The minimum Gasteiger partial charge on any atom is -0.488 e. The van der Waals surface area contributed by atoms with E-state index in [0.29, 0.717) is 5.75 Å². The zero-order chi connectivity index (χ0) is 14.7. The predicted molar refractivity (Wildman–Crippen MR) is 76.6 cm³/mol. The van der Waals surface area contributed by atoms with E-state index in [4.69, 9.17) is 9.84 Å². The third-order valence-electron chi connectivity index (χ3n) is 2.83. The molecule has 2 aromatic carbocycles. The van der Waals surface area contributed by atoms with Gasteiger partial charge < -0.3 is 9.84 Å². The fourth-order valence-electron chi connectivity index (χ4n) is 1.70. The second-order valence-corrected chi connectivity index (χ2v) is 5.23. The van der Waals surface area contributed by atoms with Gasteiger partial charge in [-0.25, -0.2) is 9.18 Å². The molecule has 0 bridgehead atoms. The van der Waals surface area contributed by atoms with E-state index in [2.05, 4.69) is 15.9 Å². The van der Waals surface area contributed by atoms with E-state index in [1.54, 1.807) is 6.07 Å². The summed E-state index contributed by atoms with van der Waals surface area (Å²) in [5.74, 6) is -0.952. The van der Waals surface area contributed by atoms with Crippen LogP contribution in [-0.4, -0.2) is 11.1 Å². The maximum absolute atomic E-state index is 13.6. The Labute approximate surface area is 124 Å². The third kappa shape index (κ3) is 3.36. The van der Waals surface area contributed by atoms with Gasteiger partial charge in [0.1, 0.15) is 18.2 Å². The molecule has 2 aromatic rings. The standard InChI is InChI=1S/C15H12BrFO3/c1-9-2-4-12(16)7-14(9)20-8-11-6-10(15(18)19)3-5-13(11)17/h2-7H,8H2,1H3,(H,18,19). The molecule has 0 atom stereocenters. The number of rotatable bonds is 4. The van der Waals surface area contributed by atoms with Crippen molar-refractivity contribution in [2.45, 2.75) is 13.5 Å². The third-order valence-corrected chi connectivity index (χ3v) is 3.32. The molecule has 0 aromatic heterocycles. The average Bonchev–Trinajstić information content (AvgIpc) is 2.41. The van der Waals surface area contributed by atoms with Crippen molar-refractivity contribution in [1.82, 2.24) is 0 Å². The van der Waals surface area contributed by atoms with Gasteiger partial charge >= 0.3 is 5.97 Å². The Morgan fingerprint density at radius 2 is 2.05 bits per heavy atom. The Balaban J connectivity index is 2.20. The molecule has 5 heteroatoms. The van der Waals surface area contributed by atoms with E-state index in [9.17, 15) is 9.18 Å². The normalized spacial score (nSPS) is 10.3. The molecule has 0 saturated heterocycles. The van der Waals surface area contributed by atoms with E-state index in [-0.39, 0.29) is 17.7 Å². The summed E-state index contributed by atoms with van der Waals surface area (Å²) in [7, 11) is 0. The molecule has 0 spiro atoms. The van der Waals surface area contributed by atoms with Gasteiger partial charge in [-0.1, -0.05) is 22.0 Å². The van der Waals surface area contributed by atoms with E-state index in [1.165, 1.54) is 12.1 Å². The summed E-state index contributed by atoms with van der Waals surface area (Å²) >= 11 is 3.34. The van der Waals surface area contributed by atoms with Crippen molar-refractivity contribution in [1.29, 1.82) is 0 Å². The Morgan fingerprint density at radius 1 is 1.30 bits per heavy atom. The molecule has 0 heterocycles. The molecule has 0 radical (unpaired) electrons. The average molecular weight is 339 g/mol. The van der Waals surface area contributed by atoms with Crippen molar-refractivity contribution < 1.29 is 19.0 Å². The zero-order valence-electron chi connectivity index (χ0n) is 10.7. The molecule has 0 amide bonds. The molecule has 3 nitrogen and oxygen atoms in total. The molecule has 2 rings (SSSR count). The van der Waals surface area contributed by atoms with Gasteiger partial charge in [-0.05, 0) is 42.8 Å². The van der Waals surface area contributed by atoms with Crippen molar-refractivity contribution in [3.8, 4) is 5.75 Å². The number of hydrogen-bond donors (Lipinski definition) is 1. The Bertz CT molecular complexity index is 656. The molecule has 0 saturated carbocycles. The van der Waals surface area contributed by atoms with Crippen LogP contribution in [0.3, 0.4) is 0 Å². The zero-order valence-corrected chi connectivity index (χ0v) is 12.3. The first-order valence-electron chi connectivity index (χ1n) is 5.88. The number of carboxylic acids is 1. The van der Waals surface area contributed by atoms with Crippen LogP contribution in [0.2, 0.25) is 0 Å². The second kappa shape index (κ2) is 6.05. The van der Waals surface area contributed by atoms with E-state index < -0.39 is 11.8 Å². The van der Waals surface area contributed by atoms with Crippen LogP contribution in [0.25, 0.3) is 0 Å². The highest BCUT2D eigenvalue weighted by atomic mass is 79.9. The van der Waals surface area contributed by atoms with Crippen LogP contribution in [0.4, 0.5) is 4.39 Å². The summed E-state index contributed by atoms with van der Waals surface area (Å²) in [6.45, 7) is 1.86. The highest BCUT2D eigenvalue weighted by molar-refractivity contribution is 9.10. The van der Waals surface area contributed by atoms with Gasteiger partial charge in [-0.3, -0.25) is 0 Å². The van der Waals surface area contributed by atoms with E-state index in [1.807, 2.05) is 19.1 Å². The topological polar surface area (TPSA) is 46.5 Å². The molecule has 0 aliphatic carbocycles. The van der Waals surface area contributed by atoms with Crippen molar-refractivity contribution in [3.63, 3.8) is 0 Å². The molecular formula is C15H12BrFO3. The lowest BCUT2D eigenvalue weighted by Crippen LogP contribution is -2.03. The first-order chi connectivity index (χ1) is 9.47. The van der Waals surface area contributed by atoms with Gasteiger partial charge in [0.15, 0.2) is 0 Å². The van der Waals surface area contributed by atoms with Gasteiger partial charge in [0.2, 0.25) is 0 Å². The molecule has 0 unspecified atom stereocenters. The van der Waals surface area contributed by atoms with Crippen molar-refractivity contribution >= 4 is 21.9 Å². The number of aryl methyl sites for hydroxylation is 1. The highest BCUT2D eigenvalue weighted by Gasteiger charge is 2.10. The number of hydrogen-bond acceptors (Lipinski definition) is 2. The molecule has 104 valence electrons. The van der Waals surface area contributed by atoms with Crippen molar-refractivity contribution in [3.05, 3.63) is 63.4 Å². The van der Waals surface area contributed by atoms with Crippen LogP contribution in [-0.2, 0) is 6.61 Å². The Hall–Kier alpha value is -1.88. The summed E-state index contributed by atoms with van der Waals surface area (Å²) < 4.78 is 20.0. The number of carboxylic acid groups (broad SMARTS) is 1. The summed E-state index contributed by atoms with van der Waals surface area (Å²) in [4.78, 5) is 10.9. The second-order valence-electron chi connectivity index (χ2n) is 4.31. The van der Waals surface area contributed by atoms with Crippen LogP contribution in [0, 0.1) is 12.7 Å². The fourth-order valence-corrected chi connectivity index (χ4v) is 2.04. The predicted octanol–water partition coefficient (Wildman–Crippen LogP) is 4.17. The Kier molecular flexibility index (Phi) is 4.39. The minimum absolute atomic E-state index is 0.0236. The van der Waals surface area contributed by atoms with Crippen LogP contribution in [0.15, 0.2) is 40.9 Å². The Morgan fingerprint density at radius 3 is 2.75 bits per heavy atom. The number of carbonyl (C=O) groups is 1. The maximum atomic E-state index is 13.6. The first kappa shape index (κ1) is 14.5. The molecule has 0 fully saturated rings. The van der Waals surface area contributed by atoms with Crippen LogP contribution in [0.5, 0.6) is 5.75 Å². The molecular weight excluding hydrogens is 327 g/mol. The monoisotopic (exact) mass is 338 g/mol. The lowest BCUT2D eigenvalue weighted by atomic mass is 10.1. The number of ether oxygens (including phenoxy) is 1. The summed E-state index contributed by atoms with van der Waals surface area (Å²) in [6.07, 6.45) is 0. The van der Waals surface area contributed by atoms with Gasteiger partial charge in [0, 0.05) is 10.0 Å². The molecule has 1 N–H and O–H groups in total. The minimum atomic E-state index is -1.09. The highest BCUT2D eigenvalue weighted by Crippen LogP contribution is 2.24. The van der Waals surface area contributed by atoms with Gasteiger partial charge in [-0.15, -0.1) is 0 Å². The smallest absolute Gasteiger partial charge is 0.335 e. The summed E-state index contributed by atoms with van der Waals surface area (Å²) in [6, 6.07) is 9.19. The van der Waals surface area contributed by atoms with Crippen LogP contribution in [0.1, 0.15) is 21.5 Å². The SMILES string of the molecule is Cc1ccc(Br)cc1OCc1cc(C(=O)O)ccc1F. The van der Waals surface area contributed by atoms with Crippen molar-refractivity contribution in [2.24, 2.45) is 0 Å². The molecule has 0 aliphatic heterocycles. The first-order valence-corrected chi connectivity index (χ1v) is 6.67. The number of aromatic carboxylic acids is 1. The molecule has 20 heavy (non-hydrogen) atoms. The van der Waals surface area contributed by atoms with Gasteiger partial charge in [0.05, 0.1) is 5.56 Å². The quantitative estimate of drug-likeness (QED) is 0.909. The largest absolute Gasteiger partial charge is 0.488 e. The molecule has 0 aliphatic rings. The lowest BCUT2D eigenvalue weighted by molar-refractivity contribution is 0.0696. The lowest BCUT2D eigenvalue weighted by Gasteiger charge is -2.10. The maximum Gasteiger partial charge on any atom is 0.335 e. The van der Waals surface area contributed by atoms with E-state index in [0.717, 1.165) is 16.1 Å². The number of halogens is 2. The van der Waals surface area contributed by atoms with Crippen LogP contribution < -0.4 is 4.74 Å². The van der Waals surface area contributed by atoms with E-state index >= 15 is 0 Å². The summed E-state index contributed by atoms with van der Waals surface area (Å²) in [5.41, 5.74) is 1.17. The van der Waals surface area contributed by atoms with Crippen molar-refractivity contribution in [2.75, 3.05) is 0 Å². The number of benzene rings is 2. The summed E-state index contributed by atoms with van der Waals surface area (Å²) in [5, 5.41) is 8.90. The fraction of sp³-hybridized carbons (Fsp3) is 0.133. The van der Waals surface area contributed by atoms with Gasteiger partial charge in [0.25, 0.3) is 0 Å². The van der Waals surface area contributed by atoms with Crippen LogP contribution >= 0.6 is 15.9 Å².